The van der Waals surface area contributed by atoms with Crippen LogP contribution in [0, 0.1) is 0 Å². The number of halogens is 1. The van der Waals surface area contributed by atoms with Crippen molar-refractivity contribution in [3.8, 4) is 5.75 Å². The highest BCUT2D eigenvalue weighted by Crippen LogP contribution is 2.30. The number of benzene rings is 3. The Kier molecular flexibility index (Phi) is 8.60. The molecule has 3 aromatic carbocycles. The van der Waals surface area contributed by atoms with E-state index in [0.29, 0.717) is 34.3 Å². The van der Waals surface area contributed by atoms with E-state index in [9.17, 15) is 14.4 Å². The normalized spacial score (nSPS) is 15.0. The lowest BCUT2D eigenvalue weighted by molar-refractivity contribution is -0.124. The Bertz CT molecular complexity index is 1350. The Balaban J connectivity index is 1.55. The van der Waals surface area contributed by atoms with E-state index in [2.05, 4.69) is 5.32 Å². The standard InChI is InChI=1S/C28H26ClN3O5S/c1-3-37-27(35)19-9-11-21(12-10-19)30-25(33)16-24-26(34)32(22-6-4-5-20(29)15-22)28(38)31(24)17-18-7-13-23(36-2)14-8-18/h4-15,24H,3,16-17H2,1-2H3,(H,30,33). The Morgan fingerprint density at radius 2 is 1.76 bits per heavy atom. The Labute approximate surface area is 231 Å². The summed E-state index contributed by atoms with van der Waals surface area (Å²) in [6.07, 6.45) is -0.133. The number of hydrogen-bond donors (Lipinski definition) is 1. The highest BCUT2D eigenvalue weighted by Gasteiger charge is 2.44. The first-order valence-corrected chi connectivity index (χ1v) is 12.7. The van der Waals surface area contributed by atoms with Crippen molar-refractivity contribution in [1.29, 1.82) is 0 Å². The molecule has 1 aliphatic rings. The zero-order valence-electron chi connectivity index (χ0n) is 20.8. The lowest BCUT2D eigenvalue weighted by Gasteiger charge is -2.24. The first kappa shape index (κ1) is 27.1. The zero-order valence-corrected chi connectivity index (χ0v) is 22.4. The van der Waals surface area contributed by atoms with Crippen molar-refractivity contribution in [2.45, 2.75) is 25.9 Å². The number of anilines is 2. The maximum atomic E-state index is 13.6. The van der Waals surface area contributed by atoms with Gasteiger partial charge in [0.2, 0.25) is 5.91 Å². The van der Waals surface area contributed by atoms with Crippen LogP contribution in [-0.4, -0.2) is 47.6 Å². The average Bonchev–Trinajstić information content (AvgIpc) is 3.13. The molecule has 1 atom stereocenters. The van der Waals surface area contributed by atoms with Gasteiger partial charge in [0.1, 0.15) is 11.8 Å². The molecule has 0 aromatic heterocycles. The van der Waals surface area contributed by atoms with Crippen molar-refractivity contribution < 1.29 is 23.9 Å². The van der Waals surface area contributed by atoms with E-state index in [1.807, 2.05) is 24.3 Å². The fraction of sp³-hybridized carbons (Fsp3) is 0.214. The molecule has 38 heavy (non-hydrogen) atoms. The van der Waals surface area contributed by atoms with E-state index in [1.54, 1.807) is 67.5 Å². The number of amides is 2. The number of rotatable bonds is 9. The van der Waals surface area contributed by atoms with Gasteiger partial charge < -0.3 is 19.7 Å². The van der Waals surface area contributed by atoms with Crippen LogP contribution in [0.4, 0.5) is 11.4 Å². The minimum atomic E-state index is -0.831. The molecule has 0 saturated carbocycles. The predicted molar refractivity (Wildman–Crippen MR) is 150 cm³/mol. The fourth-order valence-corrected chi connectivity index (χ4v) is 4.66. The van der Waals surface area contributed by atoms with Crippen LogP contribution in [0.25, 0.3) is 0 Å². The van der Waals surface area contributed by atoms with Crippen LogP contribution in [0.15, 0.2) is 72.8 Å². The van der Waals surface area contributed by atoms with Gasteiger partial charge in [-0.15, -0.1) is 0 Å². The van der Waals surface area contributed by atoms with Crippen LogP contribution in [0.1, 0.15) is 29.3 Å². The van der Waals surface area contributed by atoms with Gasteiger partial charge in [-0.3, -0.25) is 14.5 Å². The number of carbonyl (C=O) groups is 3. The lowest BCUT2D eigenvalue weighted by atomic mass is 10.1. The van der Waals surface area contributed by atoms with Crippen molar-refractivity contribution in [3.63, 3.8) is 0 Å². The Morgan fingerprint density at radius 1 is 1.05 bits per heavy atom. The molecule has 1 fully saturated rings. The van der Waals surface area contributed by atoms with Crippen LogP contribution in [0.3, 0.4) is 0 Å². The number of hydrogen-bond acceptors (Lipinski definition) is 6. The number of nitrogens with zero attached hydrogens (tertiary/aromatic N) is 2. The molecule has 1 saturated heterocycles. The molecular weight excluding hydrogens is 526 g/mol. The van der Waals surface area contributed by atoms with E-state index in [4.69, 9.17) is 33.3 Å². The summed E-state index contributed by atoms with van der Waals surface area (Å²) in [6, 6.07) is 19.8. The van der Waals surface area contributed by atoms with Gasteiger partial charge in [0.15, 0.2) is 5.11 Å². The maximum absolute atomic E-state index is 13.6. The number of thiocarbonyl (C=S) groups is 1. The minimum Gasteiger partial charge on any atom is -0.497 e. The second-order valence-corrected chi connectivity index (χ2v) is 9.28. The summed E-state index contributed by atoms with van der Waals surface area (Å²) in [5.41, 5.74) is 2.30. The third-order valence-corrected chi connectivity index (χ3v) is 6.61. The number of esters is 1. The van der Waals surface area contributed by atoms with Gasteiger partial charge in [0.25, 0.3) is 5.91 Å². The quantitative estimate of drug-likeness (QED) is 0.294. The molecule has 4 rings (SSSR count). The maximum Gasteiger partial charge on any atom is 0.338 e. The molecule has 1 unspecified atom stereocenters. The highest BCUT2D eigenvalue weighted by atomic mass is 35.5. The fourth-order valence-electron chi connectivity index (χ4n) is 4.09. The third kappa shape index (κ3) is 6.12. The van der Waals surface area contributed by atoms with E-state index in [1.165, 1.54) is 4.90 Å². The Hall–Kier alpha value is -3.95. The van der Waals surface area contributed by atoms with Crippen LogP contribution in [-0.2, 0) is 20.9 Å². The van der Waals surface area contributed by atoms with Gasteiger partial charge in [-0.2, -0.15) is 0 Å². The highest BCUT2D eigenvalue weighted by molar-refractivity contribution is 7.80. The van der Waals surface area contributed by atoms with Crippen LogP contribution >= 0.6 is 23.8 Å². The summed E-state index contributed by atoms with van der Waals surface area (Å²) in [5, 5.41) is 3.54. The first-order valence-electron chi connectivity index (χ1n) is 11.9. The molecule has 2 amide bonds. The summed E-state index contributed by atoms with van der Waals surface area (Å²) >= 11 is 11.9. The minimum absolute atomic E-state index is 0.133. The largest absolute Gasteiger partial charge is 0.497 e. The topological polar surface area (TPSA) is 88.2 Å². The molecule has 0 radical (unpaired) electrons. The van der Waals surface area contributed by atoms with Crippen molar-refractivity contribution in [2.24, 2.45) is 0 Å². The second kappa shape index (κ2) is 12.1. The van der Waals surface area contributed by atoms with Crippen molar-refractivity contribution >= 4 is 58.1 Å². The zero-order chi connectivity index (χ0) is 27.2. The van der Waals surface area contributed by atoms with Gasteiger partial charge in [-0.25, -0.2) is 4.79 Å². The van der Waals surface area contributed by atoms with Gasteiger partial charge in [-0.05, 0) is 79.3 Å². The smallest absolute Gasteiger partial charge is 0.338 e. The molecule has 196 valence electrons. The van der Waals surface area contributed by atoms with E-state index in [-0.39, 0.29) is 30.0 Å². The molecule has 1 N–H and O–H groups in total. The molecule has 0 bridgehead atoms. The first-order chi connectivity index (χ1) is 18.3. The lowest BCUT2D eigenvalue weighted by Crippen LogP contribution is -2.37. The van der Waals surface area contributed by atoms with Crippen LogP contribution in [0.2, 0.25) is 5.02 Å². The van der Waals surface area contributed by atoms with Gasteiger partial charge >= 0.3 is 5.97 Å². The monoisotopic (exact) mass is 551 g/mol. The van der Waals surface area contributed by atoms with Crippen molar-refractivity contribution in [1.82, 2.24) is 4.90 Å². The third-order valence-electron chi connectivity index (χ3n) is 5.96. The van der Waals surface area contributed by atoms with E-state index < -0.39 is 12.0 Å². The van der Waals surface area contributed by atoms with E-state index >= 15 is 0 Å². The van der Waals surface area contributed by atoms with Crippen LogP contribution in [0.5, 0.6) is 5.75 Å². The van der Waals surface area contributed by atoms with Crippen molar-refractivity contribution in [2.75, 3.05) is 23.9 Å². The summed E-state index contributed by atoms with van der Waals surface area (Å²) in [6.45, 7) is 2.32. The summed E-state index contributed by atoms with van der Waals surface area (Å²) in [5.74, 6) is -0.425. The number of nitrogens with one attached hydrogen (secondary N) is 1. The molecule has 8 nitrogen and oxygen atoms in total. The molecule has 0 aliphatic carbocycles. The van der Waals surface area contributed by atoms with Gasteiger partial charge in [0, 0.05) is 17.3 Å². The van der Waals surface area contributed by atoms with Crippen molar-refractivity contribution in [3.05, 3.63) is 88.9 Å². The number of carbonyl (C=O) groups excluding carboxylic acids is 3. The Morgan fingerprint density at radius 3 is 2.39 bits per heavy atom. The summed E-state index contributed by atoms with van der Waals surface area (Å²) in [7, 11) is 1.59. The molecule has 0 spiro atoms. The van der Waals surface area contributed by atoms with Gasteiger partial charge in [0.05, 0.1) is 31.4 Å². The van der Waals surface area contributed by atoms with Crippen LogP contribution < -0.4 is 15.0 Å². The van der Waals surface area contributed by atoms with E-state index in [0.717, 1.165) is 5.56 Å². The summed E-state index contributed by atoms with van der Waals surface area (Å²) < 4.78 is 10.2. The second-order valence-electron chi connectivity index (χ2n) is 8.48. The van der Waals surface area contributed by atoms with Gasteiger partial charge in [-0.1, -0.05) is 29.8 Å². The molecule has 1 aliphatic heterocycles. The SMILES string of the molecule is CCOC(=O)c1ccc(NC(=O)CC2C(=O)N(c3cccc(Cl)c3)C(=S)N2Cc2ccc(OC)cc2)cc1. The predicted octanol–water partition coefficient (Wildman–Crippen LogP) is 5.06. The number of methoxy groups -OCH3 is 1. The molecule has 1 heterocycles. The molecule has 10 heteroatoms. The molecule has 3 aromatic rings. The average molecular weight is 552 g/mol. The summed E-state index contributed by atoms with van der Waals surface area (Å²) in [4.78, 5) is 41.7. The number of ether oxygens (including phenoxy) is 2. The molecular formula is C28H26ClN3O5S.